The average molecular weight is 224 g/mol. The van der Waals surface area contributed by atoms with Crippen LogP contribution in [0.4, 0.5) is 0 Å². The summed E-state index contributed by atoms with van der Waals surface area (Å²) in [6.45, 7) is 5.91. The van der Waals surface area contributed by atoms with Gasteiger partial charge in [-0.3, -0.25) is 0 Å². The van der Waals surface area contributed by atoms with E-state index >= 15 is 0 Å². The van der Waals surface area contributed by atoms with Crippen LogP contribution in [0.1, 0.15) is 24.0 Å². The van der Waals surface area contributed by atoms with Crippen LogP contribution < -0.4 is 0 Å². The molecule has 1 heterocycles. The molecule has 0 saturated carbocycles. The van der Waals surface area contributed by atoms with Crippen LogP contribution in [0.25, 0.3) is 0 Å². The van der Waals surface area contributed by atoms with Gasteiger partial charge in [0.2, 0.25) is 0 Å². The first-order chi connectivity index (χ1) is 4.52. The van der Waals surface area contributed by atoms with E-state index in [0.717, 1.165) is 5.69 Å². The second-order valence-corrected chi connectivity index (χ2v) is 5.19. The number of hydrogen-bond donors (Lipinski definition) is 0. The van der Waals surface area contributed by atoms with E-state index in [2.05, 4.69) is 9.19 Å². The SMILES string of the molecule is Cc1nn[se]c1C(C)(C)Cl. The Kier molecular flexibility index (Phi) is 2.18. The number of alkyl halides is 1. The molecule has 0 N–H and O–H groups in total. The zero-order chi connectivity index (χ0) is 7.78. The molecule has 1 aromatic rings. The molecule has 0 spiro atoms. The van der Waals surface area contributed by atoms with Crippen LogP contribution in [0.5, 0.6) is 0 Å². The molecule has 1 aromatic heterocycles. The van der Waals surface area contributed by atoms with Gasteiger partial charge in [-0.2, -0.15) is 0 Å². The van der Waals surface area contributed by atoms with Gasteiger partial charge >= 0.3 is 71.3 Å². The van der Waals surface area contributed by atoms with Gasteiger partial charge in [0.1, 0.15) is 0 Å². The van der Waals surface area contributed by atoms with E-state index < -0.39 is 0 Å². The van der Waals surface area contributed by atoms with Crippen LogP contribution in [-0.4, -0.2) is 23.9 Å². The van der Waals surface area contributed by atoms with Crippen molar-refractivity contribution in [3.8, 4) is 0 Å². The van der Waals surface area contributed by atoms with Gasteiger partial charge in [0.05, 0.1) is 0 Å². The second-order valence-electron chi connectivity index (χ2n) is 2.66. The van der Waals surface area contributed by atoms with Crippen molar-refractivity contribution in [1.82, 2.24) is 9.19 Å². The fraction of sp³-hybridized carbons (Fsp3) is 0.667. The van der Waals surface area contributed by atoms with Gasteiger partial charge in [-0.1, -0.05) is 0 Å². The molecule has 0 aromatic carbocycles. The molecule has 0 aliphatic carbocycles. The first-order valence-corrected chi connectivity index (χ1v) is 5.00. The maximum absolute atomic E-state index is 6.07. The van der Waals surface area contributed by atoms with Crippen LogP contribution in [0.2, 0.25) is 0 Å². The van der Waals surface area contributed by atoms with E-state index in [1.165, 1.54) is 4.44 Å². The van der Waals surface area contributed by atoms with Gasteiger partial charge in [-0.05, 0) is 0 Å². The molecule has 0 aliphatic rings. The molecule has 0 unspecified atom stereocenters. The molecule has 4 heteroatoms. The summed E-state index contributed by atoms with van der Waals surface area (Å²) in [5.74, 6) is 0. The Morgan fingerprint density at radius 1 is 1.50 bits per heavy atom. The number of nitrogens with zero attached hydrogens (tertiary/aromatic N) is 2. The Balaban J connectivity index is 3.05. The standard InChI is InChI=1S/C6H9ClN2Se/c1-4-5(6(2,3)7)10-9-8-4/h1-3H3. The Morgan fingerprint density at radius 2 is 2.10 bits per heavy atom. The van der Waals surface area contributed by atoms with E-state index in [9.17, 15) is 0 Å². The summed E-state index contributed by atoms with van der Waals surface area (Å²) in [5, 5.41) is 3.93. The summed E-state index contributed by atoms with van der Waals surface area (Å²) in [6, 6.07) is 0. The van der Waals surface area contributed by atoms with Crippen LogP contribution in [0.3, 0.4) is 0 Å². The molecular weight excluding hydrogens is 214 g/mol. The van der Waals surface area contributed by atoms with E-state index in [1.807, 2.05) is 20.8 Å². The Labute approximate surface area is 71.6 Å². The van der Waals surface area contributed by atoms with Crippen molar-refractivity contribution in [2.75, 3.05) is 0 Å². The van der Waals surface area contributed by atoms with Crippen molar-refractivity contribution in [2.24, 2.45) is 0 Å². The van der Waals surface area contributed by atoms with E-state index in [4.69, 9.17) is 11.6 Å². The average Bonchev–Trinajstić information content (AvgIpc) is 2.11. The first-order valence-electron chi connectivity index (χ1n) is 3.00. The van der Waals surface area contributed by atoms with E-state index in [1.54, 1.807) is 0 Å². The van der Waals surface area contributed by atoms with Gasteiger partial charge < -0.3 is 0 Å². The molecule has 10 heavy (non-hydrogen) atoms. The summed E-state index contributed by atoms with van der Waals surface area (Å²) >= 11 is 6.22. The summed E-state index contributed by atoms with van der Waals surface area (Å²) in [7, 11) is 0. The first kappa shape index (κ1) is 8.25. The Bertz CT molecular complexity index is 226. The van der Waals surface area contributed by atoms with Gasteiger partial charge in [-0.15, -0.1) is 0 Å². The number of halogens is 1. The zero-order valence-corrected chi connectivity index (χ0v) is 8.65. The predicted octanol–water partition coefficient (Wildman–Crippen LogP) is 1.32. The molecular formula is C6H9ClN2Se. The maximum atomic E-state index is 6.07. The number of rotatable bonds is 1. The fourth-order valence-corrected chi connectivity index (χ4v) is 2.42. The van der Waals surface area contributed by atoms with Crippen molar-refractivity contribution in [3.05, 3.63) is 10.1 Å². The second kappa shape index (κ2) is 2.65. The van der Waals surface area contributed by atoms with Crippen molar-refractivity contribution >= 4 is 26.3 Å². The van der Waals surface area contributed by atoms with Crippen molar-refractivity contribution in [2.45, 2.75) is 25.6 Å². The van der Waals surface area contributed by atoms with Crippen molar-refractivity contribution < 1.29 is 0 Å². The number of aryl methyl sites for hydroxylation is 1. The third kappa shape index (κ3) is 1.60. The van der Waals surface area contributed by atoms with Crippen LogP contribution >= 0.6 is 11.6 Å². The number of aromatic nitrogens is 2. The molecule has 0 fully saturated rings. The van der Waals surface area contributed by atoms with Crippen LogP contribution in [0, 0.1) is 6.92 Å². The topological polar surface area (TPSA) is 25.8 Å². The quantitative estimate of drug-likeness (QED) is 0.530. The third-order valence-electron chi connectivity index (χ3n) is 1.19. The minimum absolute atomic E-state index is 0.148. The molecule has 0 saturated heterocycles. The Morgan fingerprint density at radius 3 is 2.30 bits per heavy atom. The molecule has 0 bridgehead atoms. The fourth-order valence-electron chi connectivity index (χ4n) is 0.773. The van der Waals surface area contributed by atoms with Crippen LogP contribution in [-0.2, 0) is 4.87 Å². The summed E-state index contributed by atoms with van der Waals surface area (Å²) in [4.78, 5) is -0.256. The summed E-state index contributed by atoms with van der Waals surface area (Å²) in [6.07, 6.45) is 0. The zero-order valence-electron chi connectivity index (χ0n) is 6.18. The monoisotopic (exact) mass is 224 g/mol. The Hall–Kier alpha value is 0.149. The summed E-state index contributed by atoms with van der Waals surface area (Å²) in [5.41, 5.74) is 1.00. The molecule has 56 valence electrons. The molecule has 1 rings (SSSR count). The molecule has 2 nitrogen and oxygen atoms in total. The minimum atomic E-state index is -0.256. The summed E-state index contributed by atoms with van der Waals surface area (Å²) < 4.78 is 5.14. The van der Waals surface area contributed by atoms with Gasteiger partial charge in [0, 0.05) is 0 Å². The molecule has 0 atom stereocenters. The van der Waals surface area contributed by atoms with Gasteiger partial charge in [0.25, 0.3) is 0 Å². The van der Waals surface area contributed by atoms with Crippen molar-refractivity contribution in [1.29, 1.82) is 0 Å². The van der Waals surface area contributed by atoms with E-state index in [0.29, 0.717) is 0 Å². The normalized spacial score (nSPS) is 12.0. The molecule has 0 amide bonds. The van der Waals surface area contributed by atoms with E-state index in [-0.39, 0.29) is 19.6 Å². The number of hydrogen-bond acceptors (Lipinski definition) is 2. The van der Waals surface area contributed by atoms with Crippen LogP contribution in [0.15, 0.2) is 0 Å². The molecule has 0 aliphatic heterocycles. The molecule has 0 radical (unpaired) electrons. The van der Waals surface area contributed by atoms with Gasteiger partial charge in [-0.25, -0.2) is 0 Å². The van der Waals surface area contributed by atoms with Crippen molar-refractivity contribution in [3.63, 3.8) is 0 Å². The third-order valence-corrected chi connectivity index (χ3v) is 4.05. The van der Waals surface area contributed by atoms with Gasteiger partial charge in [0.15, 0.2) is 0 Å². The predicted molar refractivity (Wildman–Crippen MR) is 42.6 cm³/mol.